The van der Waals surface area contributed by atoms with Crippen LogP contribution in [0.1, 0.15) is 0 Å². The maximum absolute atomic E-state index is 3.21. The smallest absolute Gasteiger partial charge is 0.0455 e. The van der Waals surface area contributed by atoms with E-state index in [9.17, 15) is 0 Å². The third-order valence-electron chi connectivity index (χ3n) is 3.07. The number of aromatic nitrogens is 1. The Kier molecular flexibility index (Phi) is 2.33. The van der Waals surface area contributed by atoms with E-state index in [1.54, 1.807) is 0 Å². The van der Waals surface area contributed by atoms with Gasteiger partial charge in [-0.3, -0.25) is 0 Å². The predicted octanol–water partition coefficient (Wildman–Crippen LogP) is 3.94. The molecule has 0 spiro atoms. The minimum atomic E-state index is 1.18. The minimum Gasteiger partial charge on any atom is -0.361 e. The van der Waals surface area contributed by atoms with Crippen molar-refractivity contribution in [3.8, 4) is 0 Å². The molecule has 0 aliphatic carbocycles. The molecule has 2 aromatic carbocycles. The van der Waals surface area contributed by atoms with Gasteiger partial charge in [-0.25, -0.2) is 0 Å². The highest BCUT2D eigenvalue weighted by molar-refractivity contribution is 5.84. The molecule has 0 unspecified atom stereocenters. The van der Waals surface area contributed by atoms with Crippen molar-refractivity contribution in [1.82, 2.24) is 4.98 Å². The molecular weight excluding hydrogens is 208 g/mol. The van der Waals surface area contributed by atoms with Gasteiger partial charge < -0.3 is 9.88 Å². The van der Waals surface area contributed by atoms with Gasteiger partial charge >= 0.3 is 0 Å². The first kappa shape index (κ1) is 9.97. The van der Waals surface area contributed by atoms with E-state index in [2.05, 4.69) is 65.5 Å². The van der Waals surface area contributed by atoms with Crippen LogP contribution in [0.2, 0.25) is 0 Å². The van der Waals surface area contributed by atoms with Crippen LogP contribution in [-0.2, 0) is 0 Å². The number of para-hydroxylation sites is 1. The summed E-state index contributed by atoms with van der Waals surface area (Å²) in [6.45, 7) is 0. The topological polar surface area (TPSA) is 19.0 Å². The summed E-state index contributed by atoms with van der Waals surface area (Å²) >= 11 is 0. The van der Waals surface area contributed by atoms with E-state index in [1.807, 2.05) is 12.3 Å². The summed E-state index contributed by atoms with van der Waals surface area (Å²) in [5.41, 5.74) is 3.57. The molecule has 0 bridgehead atoms. The number of benzene rings is 2. The number of nitrogens with zero attached hydrogens (tertiary/aromatic N) is 1. The zero-order valence-corrected chi connectivity index (χ0v) is 9.72. The lowest BCUT2D eigenvalue weighted by atomic mass is 10.2. The molecule has 1 N–H and O–H groups in total. The fourth-order valence-corrected chi connectivity index (χ4v) is 2.05. The van der Waals surface area contributed by atoms with Crippen LogP contribution in [0.3, 0.4) is 0 Å². The number of anilines is 2. The average Bonchev–Trinajstić information content (AvgIpc) is 2.86. The molecule has 2 heteroatoms. The van der Waals surface area contributed by atoms with E-state index in [-0.39, 0.29) is 0 Å². The molecule has 0 aliphatic rings. The Morgan fingerprint density at radius 3 is 2.53 bits per heavy atom. The molecule has 0 radical (unpaired) electrons. The van der Waals surface area contributed by atoms with Crippen molar-refractivity contribution in [2.75, 3.05) is 11.9 Å². The predicted molar refractivity (Wildman–Crippen MR) is 72.8 cm³/mol. The van der Waals surface area contributed by atoms with Crippen molar-refractivity contribution in [2.24, 2.45) is 0 Å². The molecule has 1 heterocycles. The molecule has 84 valence electrons. The van der Waals surface area contributed by atoms with Gasteiger partial charge in [0.05, 0.1) is 0 Å². The molecule has 0 aliphatic heterocycles. The van der Waals surface area contributed by atoms with E-state index in [0.717, 1.165) is 0 Å². The second-order valence-electron chi connectivity index (χ2n) is 4.14. The first-order chi connectivity index (χ1) is 8.34. The van der Waals surface area contributed by atoms with E-state index in [0.29, 0.717) is 0 Å². The van der Waals surface area contributed by atoms with Crippen molar-refractivity contribution in [3.05, 3.63) is 60.8 Å². The molecule has 0 saturated heterocycles. The summed E-state index contributed by atoms with van der Waals surface area (Å²) in [7, 11) is 2.09. The van der Waals surface area contributed by atoms with Crippen molar-refractivity contribution < 1.29 is 0 Å². The van der Waals surface area contributed by atoms with Crippen LogP contribution >= 0.6 is 0 Å². The average molecular weight is 222 g/mol. The van der Waals surface area contributed by atoms with Crippen molar-refractivity contribution in [1.29, 1.82) is 0 Å². The highest BCUT2D eigenvalue weighted by Gasteiger charge is 2.04. The zero-order chi connectivity index (χ0) is 11.7. The van der Waals surface area contributed by atoms with Crippen LogP contribution in [0.4, 0.5) is 11.4 Å². The summed E-state index contributed by atoms with van der Waals surface area (Å²) in [5.74, 6) is 0. The lowest BCUT2D eigenvalue weighted by molar-refractivity contribution is 1.21. The van der Waals surface area contributed by atoms with Crippen LogP contribution in [0, 0.1) is 0 Å². The standard InChI is InChI=1S/C15H14N2/c1-17(13-5-3-2-4-6-13)14-7-8-15-12(11-14)9-10-16-15/h2-11,16H,1H3. The van der Waals surface area contributed by atoms with E-state index in [4.69, 9.17) is 0 Å². The molecule has 0 atom stereocenters. The Morgan fingerprint density at radius 1 is 0.882 bits per heavy atom. The van der Waals surface area contributed by atoms with Crippen LogP contribution in [0.25, 0.3) is 10.9 Å². The van der Waals surface area contributed by atoms with Crippen LogP contribution in [0.5, 0.6) is 0 Å². The molecule has 0 saturated carbocycles. The summed E-state index contributed by atoms with van der Waals surface area (Å²) in [4.78, 5) is 5.39. The van der Waals surface area contributed by atoms with Crippen molar-refractivity contribution >= 4 is 22.3 Å². The Morgan fingerprint density at radius 2 is 1.71 bits per heavy atom. The monoisotopic (exact) mass is 222 g/mol. The first-order valence-corrected chi connectivity index (χ1v) is 5.70. The second-order valence-corrected chi connectivity index (χ2v) is 4.14. The zero-order valence-electron chi connectivity index (χ0n) is 9.72. The van der Waals surface area contributed by atoms with Gasteiger partial charge in [0.15, 0.2) is 0 Å². The highest BCUT2D eigenvalue weighted by Crippen LogP contribution is 2.26. The maximum atomic E-state index is 3.21. The lowest BCUT2D eigenvalue weighted by Gasteiger charge is -2.19. The quantitative estimate of drug-likeness (QED) is 0.696. The molecular formula is C15H14N2. The molecule has 3 rings (SSSR count). The normalized spacial score (nSPS) is 10.6. The number of hydrogen-bond acceptors (Lipinski definition) is 1. The lowest BCUT2D eigenvalue weighted by Crippen LogP contribution is -2.08. The molecule has 0 fully saturated rings. The van der Waals surface area contributed by atoms with E-state index < -0.39 is 0 Å². The number of nitrogens with one attached hydrogen (secondary N) is 1. The van der Waals surface area contributed by atoms with Gasteiger partial charge in [-0.1, -0.05) is 18.2 Å². The molecule has 17 heavy (non-hydrogen) atoms. The van der Waals surface area contributed by atoms with Crippen molar-refractivity contribution in [2.45, 2.75) is 0 Å². The van der Waals surface area contributed by atoms with Crippen molar-refractivity contribution in [3.63, 3.8) is 0 Å². The van der Waals surface area contributed by atoms with Gasteiger partial charge in [-0.05, 0) is 36.4 Å². The fraction of sp³-hybridized carbons (Fsp3) is 0.0667. The number of fused-ring (bicyclic) bond motifs is 1. The Bertz CT molecular complexity index is 625. The molecule has 0 amide bonds. The Labute approximate surface area is 101 Å². The van der Waals surface area contributed by atoms with Gasteiger partial charge in [-0.2, -0.15) is 0 Å². The molecule has 3 aromatic rings. The third-order valence-corrected chi connectivity index (χ3v) is 3.07. The Balaban J connectivity index is 2.03. The van der Waals surface area contributed by atoms with Gasteiger partial charge in [0, 0.05) is 35.5 Å². The fourth-order valence-electron chi connectivity index (χ4n) is 2.05. The minimum absolute atomic E-state index is 1.18. The highest BCUT2D eigenvalue weighted by atomic mass is 15.1. The van der Waals surface area contributed by atoms with Crippen LogP contribution in [-0.4, -0.2) is 12.0 Å². The third kappa shape index (κ3) is 1.78. The number of rotatable bonds is 2. The SMILES string of the molecule is CN(c1ccccc1)c1ccc2[nH]ccc2c1. The van der Waals surface area contributed by atoms with Gasteiger partial charge in [-0.15, -0.1) is 0 Å². The largest absolute Gasteiger partial charge is 0.361 e. The number of hydrogen-bond donors (Lipinski definition) is 1. The Hall–Kier alpha value is -2.22. The van der Waals surface area contributed by atoms with E-state index >= 15 is 0 Å². The summed E-state index contributed by atoms with van der Waals surface area (Å²) in [5, 5.41) is 1.24. The van der Waals surface area contributed by atoms with Gasteiger partial charge in [0.1, 0.15) is 0 Å². The summed E-state index contributed by atoms with van der Waals surface area (Å²) < 4.78 is 0. The maximum Gasteiger partial charge on any atom is 0.0455 e. The van der Waals surface area contributed by atoms with Gasteiger partial charge in [0.25, 0.3) is 0 Å². The summed E-state index contributed by atoms with van der Waals surface area (Å²) in [6, 6.07) is 18.9. The summed E-state index contributed by atoms with van der Waals surface area (Å²) in [6.07, 6.45) is 1.97. The van der Waals surface area contributed by atoms with Crippen LogP contribution < -0.4 is 4.90 Å². The second kappa shape index (κ2) is 3.98. The molecule has 1 aromatic heterocycles. The van der Waals surface area contributed by atoms with E-state index in [1.165, 1.54) is 22.3 Å². The number of H-pyrrole nitrogens is 1. The first-order valence-electron chi connectivity index (χ1n) is 5.70. The molecule has 2 nitrogen and oxygen atoms in total. The van der Waals surface area contributed by atoms with Crippen LogP contribution in [0.15, 0.2) is 60.8 Å². The van der Waals surface area contributed by atoms with Gasteiger partial charge in [0.2, 0.25) is 0 Å². The number of aromatic amines is 1.